The smallest absolute Gasteiger partial charge is 0.420 e. The number of unbranched alkanes of at least 4 members (excludes halogenated alkanes) is 2. The molecule has 85 heavy (non-hydrogen) atoms. The fourth-order valence-corrected chi connectivity index (χ4v) is 14.7. The molecular weight excluding hydrogens is 1190 g/mol. The molecule has 0 amide bonds. The molecule has 4 aromatic heterocycles. The number of ether oxygens (including phenoxy) is 2. The predicted octanol–water partition coefficient (Wildman–Crippen LogP) is 9.37. The zero-order chi connectivity index (χ0) is 61.0. The first kappa shape index (κ1) is 64.4. The van der Waals surface area contributed by atoms with Gasteiger partial charge in [-0.15, -0.1) is 0 Å². The number of carbonyl (C=O) groups is 2. The van der Waals surface area contributed by atoms with Gasteiger partial charge in [0.2, 0.25) is 0 Å². The number of fused-ring (bicyclic) bond motifs is 2. The normalized spacial score (nSPS) is 16.7. The fourth-order valence-electron chi connectivity index (χ4n) is 10.7. The average Bonchev–Trinajstić information content (AvgIpc) is 2.42. The first-order valence-electron chi connectivity index (χ1n) is 29.1. The number of nitrogens with one attached hydrogen (secondary N) is 1. The third-order valence-corrected chi connectivity index (χ3v) is 19.5. The number of benzene rings is 2. The van der Waals surface area contributed by atoms with Crippen molar-refractivity contribution < 1.29 is 35.9 Å². The number of anilines is 2. The summed E-state index contributed by atoms with van der Waals surface area (Å²) < 4.78 is 75.2. The van der Waals surface area contributed by atoms with E-state index < -0.39 is 54.9 Å². The fraction of sp³-hybridized carbons (Fsp3) is 0.533. The molecule has 2 aliphatic heterocycles. The summed E-state index contributed by atoms with van der Waals surface area (Å²) in [5, 5.41) is 20.3. The van der Waals surface area contributed by atoms with Crippen molar-refractivity contribution in [2.75, 3.05) is 74.0 Å². The van der Waals surface area contributed by atoms with Gasteiger partial charge in [-0.3, -0.25) is 0 Å². The number of nitrogens with zero attached hydrogens (tertiary/aromatic N) is 13. The molecule has 2 saturated heterocycles. The van der Waals surface area contributed by atoms with Crippen molar-refractivity contribution in [3.8, 4) is 12.1 Å². The highest BCUT2D eigenvalue weighted by atomic mass is 79.9. The largest absolute Gasteiger partial charge is 0.443 e. The molecule has 2 aliphatic carbocycles. The quantitative estimate of drug-likeness (QED) is 0.0585. The summed E-state index contributed by atoms with van der Waals surface area (Å²) in [6, 6.07) is 28.4. The van der Waals surface area contributed by atoms with Crippen molar-refractivity contribution in [1.82, 2.24) is 46.7 Å². The van der Waals surface area contributed by atoms with Crippen LogP contribution in [0.25, 0.3) is 22.1 Å². The first-order chi connectivity index (χ1) is 40.5. The van der Waals surface area contributed by atoms with E-state index in [2.05, 4.69) is 98.9 Å². The molecule has 6 heterocycles. The van der Waals surface area contributed by atoms with Crippen LogP contribution in [0.3, 0.4) is 0 Å². The summed E-state index contributed by atoms with van der Waals surface area (Å²) in [5.41, 5.74) is 1.27. The second-order valence-electron chi connectivity index (χ2n) is 23.8. The van der Waals surface area contributed by atoms with E-state index in [1.807, 2.05) is 45.0 Å². The number of hydrogen-bond acceptors (Lipinski definition) is 16. The van der Waals surface area contributed by atoms with Gasteiger partial charge < -0.3 is 19.3 Å². The summed E-state index contributed by atoms with van der Waals surface area (Å²) in [6.45, 7) is 14.4. The third-order valence-electron chi connectivity index (χ3n) is 15.0. The average molecular weight is 1270 g/mol. The number of rotatable bonds is 19. The van der Waals surface area contributed by atoms with Gasteiger partial charge >= 0.3 is 12.2 Å². The Morgan fingerprint density at radius 1 is 0.624 bits per heavy atom. The number of piperazine rings is 2. The zero-order valence-corrected chi connectivity index (χ0v) is 52.8. The molecule has 25 heteroatoms. The second kappa shape index (κ2) is 27.8. The van der Waals surface area contributed by atoms with Crippen LogP contribution in [0.5, 0.6) is 0 Å². The van der Waals surface area contributed by atoms with Crippen molar-refractivity contribution in [3.63, 3.8) is 0 Å². The molecule has 0 radical (unpaired) electrons. The molecule has 0 unspecified atom stereocenters. The van der Waals surface area contributed by atoms with Gasteiger partial charge in [0.25, 0.3) is 20.4 Å². The Bertz CT molecular complexity index is 3550. The topological polar surface area (TPSA) is 258 Å². The monoisotopic (exact) mass is 1270 g/mol. The van der Waals surface area contributed by atoms with Crippen LogP contribution in [0.4, 0.5) is 21.2 Å². The molecule has 4 fully saturated rings. The lowest BCUT2D eigenvalue weighted by Crippen LogP contribution is -2.60. The van der Waals surface area contributed by atoms with Crippen molar-refractivity contribution in [1.29, 1.82) is 10.5 Å². The van der Waals surface area contributed by atoms with Crippen LogP contribution in [-0.4, -0.2) is 158 Å². The molecule has 456 valence electrons. The number of alkyl halides is 1. The van der Waals surface area contributed by atoms with E-state index in [-0.39, 0.29) is 6.54 Å². The Kier molecular flexibility index (Phi) is 21.1. The molecule has 2 saturated carbocycles. The molecule has 0 atom stereocenters. The van der Waals surface area contributed by atoms with Gasteiger partial charge in [-0.25, -0.2) is 43.4 Å². The molecule has 1 N–H and O–H groups in total. The van der Waals surface area contributed by atoms with Crippen LogP contribution in [0.15, 0.2) is 97.8 Å². The van der Waals surface area contributed by atoms with E-state index in [4.69, 9.17) is 20.0 Å². The van der Waals surface area contributed by atoms with Gasteiger partial charge in [0.15, 0.2) is 11.3 Å². The van der Waals surface area contributed by atoms with Gasteiger partial charge in [-0.05, 0) is 129 Å². The first-order valence-corrected chi connectivity index (χ1v) is 33.0. The summed E-state index contributed by atoms with van der Waals surface area (Å²) in [7, 11) is -7.38. The summed E-state index contributed by atoms with van der Waals surface area (Å²) in [4.78, 5) is 47.2. The van der Waals surface area contributed by atoms with Gasteiger partial charge in [0.05, 0.1) is 34.0 Å². The van der Waals surface area contributed by atoms with Crippen molar-refractivity contribution in [2.45, 2.75) is 141 Å². The molecule has 2 aromatic carbocycles. The van der Waals surface area contributed by atoms with E-state index in [1.165, 1.54) is 45.8 Å². The molecule has 4 aliphatic rings. The van der Waals surface area contributed by atoms with Crippen LogP contribution in [0.2, 0.25) is 0 Å². The number of aromatic nitrogens is 6. The third kappa shape index (κ3) is 16.5. The van der Waals surface area contributed by atoms with Gasteiger partial charge in [0, 0.05) is 89.5 Å². The van der Waals surface area contributed by atoms with Gasteiger partial charge in [-0.1, -0.05) is 76.6 Å². The standard InChI is InChI=1S/C30H39N7O4S.C21H29N7O4S.C9H11Br/c1-29(2,3)41-28(38)36-19-13-25-26(32-23-33-27(25)36)34-20-21-37(30(22-34)14-15-30)42(39,40)35(17-8-7-16-31)18-9-12-24-10-5-4-6-11-24;1-20(2,3)32-19(29)27-11-6-16-17(23-15-24-18(16)27)26-12-13-28(21(14-26)7-8-21)33(30,31)25-10-5-4-9-22;10-8-4-7-9-5-2-1-3-6-9/h4-6,10-11,13,19,23H,7-9,12,14-15,17-18,20-22H2,1-3H3;6,11,15,25H,4-5,7-8,10,12-14H2,1-3H3;1-3,5-6H,4,7-8H2. The SMILES string of the molecule is BrCCCc1ccccc1.CC(C)(C)OC(=O)n1ccc2c(N3CCN(S(=O)(=O)N(CCCC#N)CCCc4ccccc4)C4(CC4)C3)ncnc21.CC(C)(C)OC(=O)n1ccc2c(N3CCN(S(=O)(=O)NCCCC#N)C4(CC4)C3)ncnc21. The number of carbonyl (C=O) groups excluding carboxylic acids is 2. The lowest BCUT2D eigenvalue weighted by molar-refractivity contribution is 0.0532. The minimum absolute atomic E-state index is 0.247. The van der Waals surface area contributed by atoms with E-state index >= 15 is 0 Å². The molecule has 2 spiro atoms. The molecule has 6 aromatic rings. The molecule has 0 bridgehead atoms. The van der Waals surface area contributed by atoms with E-state index in [0.29, 0.717) is 113 Å². The van der Waals surface area contributed by atoms with Crippen molar-refractivity contribution in [3.05, 3.63) is 109 Å². The zero-order valence-electron chi connectivity index (χ0n) is 49.6. The summed E-state index contributed by atoms with van der Waals surface area (Å²) in [6.07, 6.45) is 13.7. The van der Waals surface area contributed by atoms with Crippen LogP contribution >= 0.6 is 15.9 Å². The highest BCUT2D eigenvalue weighted by Gasteiger charge is 2.58. The minimum Gasteiger partial charge on any atom is -0.443 e. The number of hydrogen-bond donors (Lipinski definition) is 1. The van der Waals surface area contributed by atoms with E-state index in [9.17, 15) is 26.4 Å². The van der Waals surface area contributed by atoms with Crippen molar-refractivity contribution in [2.24, 2.45) is 0 Å². The lowest BCUT2D eigenvalue weighted by Gasteiger charge is -2.43. The van der Waals surface area contributed by atoms with Crippen molar-refractivity contribution >= 4 is 82.2 Å². The molecular formula is C60H79BrN14O8S2. The van der Waals surface area contributed by atoms with E-state index in [1.54, 1.807) is 58.2 Å². The summed E-state index contributed by atoms with van der Waals surface area (Å²) in [5.74, 6) is 1.35. The Balaban J connectivity index is 0.000000194. The predicted molar refractivity (Wildman–Crippen MR) is 331 cm³/mol. The van der Waals surface area contributed by atoms with E-state index in [0.717, 1.165) is 42.8 Å². The minimum atomic E-state index is -3.74. The van der Waals surface area contributed by atoms with Gasteiger partial charge in [0.1, 0.15) is 35.5 Å². The summed E-state index contributed by atoms with van der Waals surface area (Å²) >= 11 is 3.41. The Hall–Kier alpha value is -6.58. The maximum Gasteiger partial charge on any atom is 0.420 e. The van der Waals surface area contributed by atoms with Crippen LogP contribution in [-0.2, 0) is 42.7 Å². The Morgan fingerprint density at radius 3 is 1.53 bits per heavy atom. The molecule has 10 rings (SSSR count). The number of nitriles is 2. The maximum absolute atomic E-state index is 14.1. The van der Waals surface area contributed by atoms with Crippen LogP contribution in [0, 0.1) is 22.7 Å². The highest BCUT2D eigenvalue weighted by molar-refractivity contribution is 9.09. The second-order valence-corrected chi connectivity index (χ2v) is 28.2. The Labute approximate surface area is 508 Å². The van der Waals surface area contributed by atoms with Crippen LogP contribution in [0.1, 0.15) is 117 Å². The molecule has 22 nitrogen and oxygen atoms in total. The van der Waals surface area contributed by atoms with Crippen LogP contribution < -0.4 is 14.5 Å². The maximum atomic E-state index is 14.1. The number of aryl methyl sites for hydroxylation is 2. The van der Waals surface area contributed by atoms with Gasteiger partial charge in [-0.2, -0.15) is 40.3 Å². The number of halogens is 1. The highest BCUT2D eigenvalue weighted by Crippen LogP contribution is 2.48. The lowest BCUT2D eigenvalue weighted by atomic mass is 10.1. The Morgan fingerprint density at radius 2 is 1.07 bits per heavy atom.